The number of nitrogens with zero attached hydrogens (tertiary/aromatic N) is 1. The zero-order valence-electron chi connectivity index (χ0n) is 10.1. The largest absolute Gasteiger partial charge is 0.458 e. The smallest absolute Gasteiger partial charge is 0.284 e. The summed E-state index contributed by atoms with van der Waals surface area (Å²) in [4.78, 5) is 10.9. The Morgan fingerprint density at radius 1 is 1.44 bits per heavy atom. The first-order chi connectivity index (χ1) is 8.41. The maximum absolute atomic E-state index is 12.2. The number of amides is 1. The number of furan rings is 1. The highest BCUT2D eigenvalue weighted by Gasteiger charge is 2.29. The van der Waals surface area contributed by atoms with Gasteiger partial charge in [0.1, 0.15) is 11.2 Å². The van der Waals surface area contributed by atoms with Crippen LogP contribution in [0.5, 0.6) is 0 Å². The zero-order valence-corrected chi connectivity index (χ0v) is 10.9. The minimum atomic E-state index is -3.57. The van der Waals surface area contributed by atoms with Crippen molar-refractivity contribution in [3.8, 4) is 0 Å². The van der Waals surface area contributed by atoms with Crippen molar-refractivity contribution < 1.29 is 17.6 Å². The van der Waals surface area contributed by atoms with Crippen molar-refractivity contribution in [1.29, 1.82) is 0 Å². The van der Waals surface area contributed by atoms with Crippen LogP contribution in [0.15, 0.2) is 21.6 Å². The number of sulfonamides is 1. The Morgan fingerprint density at radius 2 is 2.06 bits per heavy atom. The van der Waals surface area contributed by atoms with Crippen LogP contribution in [0.25, 0.3) is 0 Å². The topological polar surface area (TPSA) is 93.6 Å². The van der Waals surface area contributed by atoms with Gasteiger partial charge in [0.15, 0.2) is 5.76 Å². The molecule has 2 rings (SSSR count). The van der Waals surface area contributed by atoms with Crippen LogP contribution < -0.4 is 5.73 Å². The van der Waals surface area contributed by atoms with E-state index in [4.69, 9.17) is 10.2 Å². The predicted octanol–water partition coefficient (Wildman–Crippen LogP) is 0.799. The molecule has 0 saturated carbocycles. The second-order valence-electron chi connectivity index (χ2n) is 4.60. The summed E-state index contributed by atoms with van der Waals surface area (Å²) in [5.41, 5.74) is 5.03. The van der Waals surface area contributed by atoms with E-state index in [1.807, 2.05) is 0 Å². The Kier molecular flexibility index (Phi) is 3.45. The molecule has 7 heteroatoms. The molecular formula is C11H16N2O4S. The maximum Gasteiger partial charge on any atom is 0.284 e. The number of primary amides is 1. The number of hydrogen-bond acceptors (Lipinski definition) is 4. The van der Waals surface area contributed by atoms with Gasteiger partial charge in [0.2, 0.25) is 10.0 Å². The van der Waals surface area contributed by atoms with Gasteiger partial charge in [-0.15, -0.1) is 0 Å². The van der Waals surface area contributed by atoms with Crippen LogP contribution in [-0.4, -0.2) is 31.7 Å². The number of piperidine rings is 1. The average molecular weight is 272 g/mol. The van der Waals surface area contributed by atoms with E-state index in [-0.39, 0.29) is 10.7 Å². The Morgan fingerprint density at radius 3 is 2.56 bits per heavy atom. The van der Waals surface area contributed by atoms with Gasteiger partial charge in [0.25, 0.3) is 5.91 Å². The molecule has 0 aromatic carbocycles. The lowest BCUT2D eigenvalue weighted by Gasteiger charge is -2.28. The Bertz CT molecular complexity index is 541. The first-order valence-electron chi connectivity index (χ1n) is 5.79. The van der Waals surface area contributed by atoms with Crippen molar-refractivity contribution in [2.24, 2.45) is 11.7 Å². The highest BCUT2D eigenvalue weighted by atomic mass is 32.2. The third kappa shape index (κ3) is 2.41. The second-order valence-corrected chi connectivity index (χ2v) is 6.54. The third-order valence-electron chi connectivity index (χ3n) is 3.20. The molecule has 0 atom stereocenters. The van der Waals surface area contributed by atoms with Crippen molar-refractivity contribution in [3.05, 3.63) is 18.1 Å². The summed E-state index contributed by atoms with van der Waals surface area (Å²) in [5, 5.41) is 0. The molecule has 0 radical (unpaired) electrons. The standard InChI is InChI=1S/C11H16N2O4S/c1-8-2-4-13(5-3-8)18(15,16)9-6-10(11(12)14)17-7-9/h6-8H,2-5H2,1H3,(H2,12,14). The first-order valence-corrected chi connectivity index (χ1v) is 7.24. The van der Waals surface area contributed by atoms with E-state index in [0.717, 1.165) is 19.1 Å². The third-order valence-corrected chi connectivity index (χ3v) is 5.05. The molecule has 2 heterocycles. The molecule has 0 unspecified atom stereocenters. The van der Waals surface area contributed by atoms with Crippen molar-refractivity contribution in [2.75, 3.05) is 13.1 Å². The maximum atomic E-state index is 12.2. The molecule has 1 aliphatic heterocycles. The van der Waals surface area contributed by atoms with Crippen LogP contribution in [0.2, 0.25) is 0 Å². The molecule has 2 N–H and O–H groups in total. The van der Waals surface area contributed by atoms with Gasteiger partial charge in [-0.3, -0.25) is 4.79 Å². The van der Waals surface area contributed by atoms with Gasteiger partial charge in [-0.05, 0) is 18.8 Å². The molecule has 0 spiro atoms. The summed E-state index contributed by atoms with van der Waals surface area (Å²) in [7, 11) is -3.57. The number of carbonyl (C=O) groups is 1. The van der Waals surface area contributed by atoms with Crippen molar-refractivity contribution in [3.63, 3.8) is 0 Å². The van der Waals surface area contributed by atoms with E-state index in [9.17, 15) is 13.2 Å². The molecule has 0 bridgehead atoms. The molecule has 1 amide bonds. The monoisotopic (exact) mass is 272 g/mol. The normalized spacial score (nSPS) is 18.9. The fraction of sp³-hybridized carbons (Fsp3) is 0.545. The van der Waals surface area contributed by atoms with Gasteiger partial charge in [-0.2, -0.15) is 4.31 Å². The summed E-state index contributed by atoms with van der Waals surface area (Å²) in [6.45, 7) is 3.11. The fourth-order valence-corrected chi connectivity index (χ4v) is 3.37. The van der Waals surface area contributed by atoms with E-state index >= 15 is 0 Å². The van der Waals surface area contributed by atoms with Crippen LogP contribution in [-0.2, 0) is 10.0 Å². The Labute approximate surface area is 106 Å². The van der Waals surface area contributed by atoms with Crippen LogP contribution in [0.1, 0.15) is 30.3 Å². The van der Waals surface area contributed by atoms with Crippen LogP contribution in [0.4, 0.5) is 0 Å². The lowest BCUT2D eigenvalue weighted by molar-refractivity contribution is 0.0974. The van der Waals surface area contributed by atoms with Gasteiger partial charge in [0.05, 0.1) is 0 Å². The van der Waals surface area contributed by atoms with E-state index in [1.165, 1.54) is 10.4 Å². The molecule has 1 fully saturated rings. The highest BCUT2D eigenvalue weighted by molar-refractivity contribution is 7.89. The van der Waals surface area contributed by atoms with Gasteiger partial charge >= 0.3 is 0 Å². The van der Waals surface area contributed by atoms with Gasteiger partial charge < -0.3 is 10.2 Å². The molecule has 6 nitrogen and oxygen atoms in total. The quantitative estimate of drug-likeness (QED) is 0.880. The lowest BCUT2D eigenvalue weighted by Crippen LogP contribution is -2.37. The van der Waals surface area contributed by atoms with Gasteiger partial charge in [-0.25, -0.2) is 8.42 Å². The number of carbonyl (C=O) groups excluding carboxylic acids is 1. The van der Waals surface area contributed by atoms with Crippen molar-refractivity contribution >= 4 is 15.9 Å². The van der Waals surface area contributed by atoms with Crippen LogP contribution >= 0.6 is 0 Å². The molecule has 1 saturated heterocycles. The minimum Gasteiger partial charge on any atom is -0.458 e. The molecule has 100 valence electrons. The SMILES string of the molecule is CC1CCN(S(=O)(=O)c2coc(C(N)=O)c2)CC1. The van der Waals surface area contributed by atoms with Crippen molar-refractivity contribution in [2.45, 2.75) is 24.7 Å². The molecule has 1 aliphatic rings. The molecular weight excluding hydrogens is 256 g/mol. The lowest BCUT2D eigenvalue weighted by atomic mass is 10.0. The Balaban J connectivity index is 2.22. The number of hydrogen-bond donors (Lipinski definition) is 1. The summed E-state index contributed by atoms with van der Waals surface area (Å²) in [6.07, 6.45) is 2.76. The predicted molar refractivity (Wildman–Crippen MR) is 64.4 cm³/mol. The van der Waals surface area contributed by atoms with E-state index in [1.54, 1.807) is 0 Å². The van der Waals surface area contributed by atoms with Gasteiger partial charge in [0, 0.05) is 19.2 Å². The van der Waals surface area contributed by atoms with E-state index in [2.05, 4.69) is 6.92 Å². The van der Waals surface area contributed by atoms with E-state index < -0.39 is 15.9 Å². The average Bonchev–Trinajstić information content (AvgIpc) is 2.79. The highest BCUT2D eigenvalue weighted by Crippen LogP contribution is 2.24. The van der Waals surface area contributed by atoms with E-state index in [0.29, 0.717) is 19.0 Å². The molecule has 18 heavy (non-hydrogen) atoms. The summed E-state index contributed by atoms with van der Waals surface area (Å²) >= 11 is 0. The molecule has 0 aliphatic carbocycles. The van der Waals surface area contributed by atoms with Crippen molar-refractivity contribution in [1.82, 2.24) is 4.31 Å². The fourth-order valence-electron chi connectivity index (χ4n) is 1.96. The number of rotatable bonds is 3. The molecule has 1 aromatic rings. The molecule has 1 aromatic heterocycles. The van der Waals surface area contributed by atoms with Crippen LogP contribution in [0, 0.1) is 5.92 Å². The summed E-state index contributed by atoms with van der Waals surface area (Å²) in [5.74, 6) is -0.371. The summed E-state index contributed by atoms with van der Waals surface area (Å²) in [6, 6.07) is 1.18. The minimum absolute atomic E-state index is 0.00847. The first kappa shape index (κ1) is 13.1. The zero-order chi connectivity index (χ0) is 13.3. The van der Waals surface area contributed by atoms with Gasteiger partial charge in [-0.1, -0.05) is 6.92 Å². The number of nitrogens with two attached hydrogens (primary N) is 1. The Hall–Kier alpha value is -1.34. The van der Waals surface area contributed by atoms with Crippen LogP contribution in [0.3, 0.4) is 0 Å². The second kappa shape index (κ2) is 4.74. The summed E-state index contributed by atoms with van der Waals surface area (Å²) < 4.78 is 30.8.